The number of nitrogens with zero attached hydrogens (tertiary/aromatic N) is 2. The molecule has 0 saturated carbocycles. The predicted molar refractivity (Wildman–Crippen MR) is 78.2 cm³/mol. The highest BCUT2D eigenvalue weighted by Gasteiger charge is 2.48. The summed E-state index contributed by atoms with van der Waals surface area (Å²) >= 11 is 0. The average Bonchev–Trinajstić information content (AvgIpc) is 2.54. The molecule has 1 aromatic carbocycles. The van der Waals surface area contributed by atoms with Gasteiger partial charge in [0.25, 0.3) is 17.4 Å². The quantitative estimate of drug-likeness (QED) is 0.805. The van der Waals surface area contributed by atoms with E-state index in [1.54, 1.807) is 36.5 Å². The number of hydrogen-bond donors (Lipinski definition) is 2. The number of carbonyl (C=O) groups excluding carboxylic acids is 3. The number of urea groups is 1. The van der Waals surface area contributed by atoms with Gasteiger partial charge in [-0.3, -0.25) is 20.2 Å². The van der Waals surface area contributed by atoms with Gasteiger partial charge in [0.2, 0.25) is 0 Å². The molecule has 0 aliphatic carbocycles. The number of imide groups is 2. The number of benzene rings is 1. The van der Waals surface area contributed by atoms with Crippen molar-refractivity contribution in [3.63, 3.8) is 0 Å². The standard InChI is InChI=1S/C15H12N4O4/c1-15(12(20)18-14(22)19-13(15)21)23-10-4-2-9(3-5-10)11-6-7-16-8-17-11/h2-8H,1H3,(H2,18,19,20,21,22). The van der Waals surface area contributed by atoms with Crippen LogP contribution in [0, 0.1) is 0 Å². The average molecular weight is 312 g/mol. The van der Waals surface area contributed by atoms with E-state index in [-0.39, 0.29) is 0 Å². The minimum Gasteiger partial charge on any atom is -0.468 e. The zero-order valence-electron chi connectivity index (χ0n) is 12.1. The molecule has 8 heteroatoms. The summed E-state index contributed by atoms with van der Waals surface area (Å²) in [5.74, 6) is -1.32. The topological polar surface area (TPSA) is 110 Å². The summed E-state index contributed by atoms with van der Waals surface area (Å²) < 4.78 is 5.50. The molecule has 2 heterocycles. The van der Waals surface area contributed by atoms with Crippen LogP contribution >= 0.6 is 0 Å². The molecular weight excluding hydrogens is 300 g/mol. The molecule has 0 spiro atoms. The molecule has 1 aromatic heterocycles. The Kier molecular flexibility index (Phi) is 3.49. The van der Waals surface area contributed by atoms with Crippen molar-refractivity contribution in [3.8, 4) is 17.0 Å². The normalized spacial score (nSPS) is 16.5. The van der Waals surface area contributed by atoms with Crippen LogP contribution in [-0.4, -0.2) is 33.4 Å². The van der Waals surface area contributed by atoms with Crippen LogP contribution in [0.1, 0.15) is 6.92 Å². The lowest BCUT2D eigenvalue weighted by molar-refractivity contribution is -0.149. The summed E-state index contributed by atoms with van der Waals surface area (Å²) in [5, 5.41) is 4.01. The molecule has 0 unspecified atom stereocenters. The first-order valence-electron chi connectivity index (χ1n) is 6.71. The number of ether oxygens (including phenoxy) is 1. The second-order valence-corrected chi connectivity index (χ2v) is 4.99. The van der Waals surface area contributed by atoms with E-state index in [1.807, 2.05) is 10.6 Å². The summed E-state index contributed by atoms with van der Waals surface area (Å²) in [6.45, 7) is 1.29. The van der Waals surface area contributed by atoms with Gasteiger partial charge in [-0.15, -0.1) is 0 Å². The summed E-state index contributed by atoms with van der Waals surface area (Å²) in [7, 11) is 0. The van der Waals surface area contributed by atoms with E-state index < -0.39 is 23.4 Å². The number of hydrogen-bond acceptors (Lipinski definition) is 6. The molecule has 0 bridgehead atoms. The first-order valence-corrected chi connectivity index (χ1v) is 6.71. The van der Waals surface area contributed by atoms with Gasteiger partial charge in [-0.25, -0.2) is 14.8 Å². The van der Waals surface area contributed by atoms with Gasteiger partial charge < -0.3 is 4.74 Å². The maximum Gasteiger partial charge on any atom is 0.328 e. The van der Waals surface area contributed by atoms with Gasteiger partial charge in [-0.2, -0.15) is 0 Å². The maximum absolute atomic E-state index is 11.9. The number of barbiturate groups is 1. The first-order chi connectivity index (χ1) is 11.0. The maximum atomic E-state index is 11.9. The Balaban J connectivity index is 1.82. The summed E-state index contributed by atoms with van der Waals surface area (Å²) in [4.78, 5) is 42.9. The Bertz CT molecular complexity index is 754. The number of amides is 4. The Hall–Kier alpha value is -3.29. The highest BCUT2D eigenvalue weighted by Crippen LogP contribution is 2.24. The highest BCUT2D eigenvalue weighted by atomic mass is 16.5. The molecule has 2 N–H and O–H groups in total. The van der Waals surface area contributed by atoms with Crippen LogP contribution in [0.4, 0.5) is 4.79 Å². The molecule has 1 fully saturated rings. The molecule has 8 nitrogen and oxygen atoms in total. The van der Waals surface area contributed by atoms with Crippen molar-refractivity contribution in [3.05, 3.63) is 42.9 Å². The fraction of sp³-hybridized carbons (Fsp3) is 0.133. The van der Waals surface area contributed by atoms with Crippen LogP contribution in [0.3, 0.4) is 0 Å². The van der Waals surface area contributed by atoms with Crippen molar-refractivity contribution in [2.24, 2.45) is 0 Å². The number of rotatable bonds is 3. The third-order valence-corrected chi connectivity index (χ3v) is 3.37. The third kappa shape index (κ3) is 2.73. The molecule has 1 aliphatic rings. The minimum atomic E-state index is -1.82. The molecule has 2 aromatic rings. The van der Waals surface area contributed by atoms with Crippen LogP contribution in [0.5, 0.6) is 5.75 Å². The van der Waals surface area contributed by atoms with Crippen LogP contribution in [0.25, 0.3) is 11.3 Å². The fourth-order valence-corrected chi connectivity index (χ4v) is 2.06. The van der Waals surface area contributed by atoms with Crippen LogP contribution in [0.2, 0.25) is 0 Å². The Morgan fingerprint density at radius 1 is 1.00 bits per heavy atom. The fourth-order valence-electron chi connectivity index (χ4n) is 2.06. The van der Waals surface area contributed by atoms with Crippen LogP contribution < -0.4 is 15.4 Å². The molecule has 3 rings (SSSR count). The number of aromatic nitrogens is 2. The van der Waals surface area contributed by atoms with Gasteiger partial charge in [-0.05, 0) is 37.3 Å². The van der Waals surface area contributed by atoms with E-state index in [9.17, 15) is 14.4 Å². The van der Waals surface area contributed by atoms with E-state index >= 15 is 0 Å². The summed E-state index contributed by atoms with van der Waals surface area (Å²) in [5.41, 5.74) is -0.251. The molecule has 23 heavy (non-hydrogen) atoms. The second-order valence-electron chi connectivity index (χ2n) is 4.99. The van der Waals surface area contributed by atoms with Gasteiger partial charge in [-0.1, -0.05) is 0 Å². The van der Waals surface area contributed by atoms with Gasteiger partial charge in [0, 0.05) is 11.8 Å². The smallest absolute Gasteiger partial charge is 0.328 e. The van der Waals surface area contributed by atoms with Crippen molar-refractivity contribution >= 4 is 17.8 Å². The molecule has 0 atom stereocenters. The van der Waals surface area contributed by atoms with E-state index in [0.717, 1.165) is 11.3 Å². The van der Waals surface area contributed by atoms with Gasteiger partial charge in [0.15, 0.2) is 0 Å². The first kappa shape index (κ1) is 14.6. The highest BCUT2D eigenvalue weighted by molar-refractivity contribution is 6.21. The second kappa shape index (κ2) is 5.48. The van der Waals surface area contributed by atoms with Crippen LogP contribution in [-0.2, 0) is 9.59 Å². The van der Waals surface area contributed by atoms with E-state index in [0.29, 0.717) is 5.75 Å². The lowest BCUT2D eigenvalue weighted by Gasteiger charge is -2.30. The summed E-state index contributed by atoms with van der Waals surface area (Å²) in [6.07, 6.45) is 3.07. The van der Waals surface area contributed by atoms with Crippen molar-refractivity contribution in [2.75, 3.05) is 0 Å². The molecule has 116 valence electrons. The minimum absolute atomic E-state index is 0.310. The van der Waals surface area contributed by atoms with E-state index in [2.05, 4.69) is 9.97 Å². The Morgan fingerprint density at radius 3 is 2.22 bits per heavy atom. The number of carbonyl (C=O) groups is 3. The van der Waals surface area contributed by atoms with Crippen molar-refractivity contribution in [2.45, 2.75) is 12.5 Å². The monoisotopic (exact) mass is 312 g/mol. The molecule has 1 aliphatic heterocycles. The van der Waals surface area contributed by atoms with Gasteiger partial charge in [0.1, 0.15) is 12.1 Å². The lowest BCUT2D eigenvalue weighted by atomic mass is 10.0. The largest absolute Gasteiger partial charge is 0.468 e. The lowest BCUT2D eigenvalue weighted by Crippen LogP contribution is -2.67. The van der Waals surface area contributed by atoms with Crippen molar-refractivity contribution in [1.82, 2.24) is 20.6 Å². The molecule has 4 amide bonds. The zero-order chi connectivity index (χ0) is 16.4. The Labute approximate surface area is 130 Å². The number of nitrogens with one attached hydrogen (secondary N) is 2. The van der Waals surface area contributed by atoms with E-state index in [4.69, 9.17) is 4.74 Å². The third-order valence-electron chi connectivity index (χ3n) is 3.37. The van der Waals surface area contributed by atoms with E-state index in [1.165, 1.54) is 13.3 Å². The molecular formula is C15H12N4O4. The SMILES string of the molecule is CC1(Oc2ccc(-c3ccncn3)cc2)C(=O)NC(=O)NC1=O. The molecule has 0 radical (unpaired) electrons. The van der Waals surface area contributed by atoms with Gasteiger partial charge >= 0.3 is 6.03 Å². The van der Waals surface area contributed by atoms with Crippen molar-refractivity contribution < 1.29 is 19.1 Å². The predicted octanol–water partition coefficient (Wildman–Crippen LogP) is 0.647. The van der Waals surface area contributed by atoms with Gasteiger partial charge in [0.05, 0.1) is 5.69 Å². The Morgan fingerprint density at radius 2 is 1.65 bits per heavy atom. The van der Waals surface area contributed by atoms with Crippen molar-refractivity contribution in [1.29, 1.82) is 0 Å². The zero-order valence-corrected chi connectivity index (χ0v) is 12.1. The van der Waals surface area contributed by atoms with Crippen LogP contribution in [0.15, 0.2) is 42.9 Å². The summed E-state index contributed by atoms with van der Waals surface area (Å²) in [6, 6.07) is 7.60. The molecule has 1 saturated heterocycles.